The number of hydrogen-bond acceptors (Lipinski definition) is 13. The van der Waals surface area contributed by atoms with E-state index in [1.807, 2.05) is 0 Å². The van der Waals surface area contributed by atoms with Crippen LogP contribution in [0.2, 0.25) is 0 Å². The third-order valence-electron chi connectivity index (χ3n) is 5.00. The summed E-state index contributed by atoms with van der Waals surface area (Å²) in [6.07, 6.45) is 0. The molecule has 2 aliphatic heterocycles. The van der Waals surface area contributed by atoms with E-state index < -0.39 is 47.4 Å². The number of nitrogens with zero attached hydrogens (tertiary/aromatic N) is 3. The second-order valence-corrected chi connectivity index (χ2v) is 10.7. The van der Waals surface area contributed by atoms with Gasteiger partial charge in [0.1, 0.15) is 29.9 Å². The summed E-state index contributed by atoms with van der Waals surface area (Å²) in [4.78, 5) is 60.8. The van der Waals surface area contributed by atoms with E-state index in [0.717, 1.165) is 11.3 Å². The number of oxime groups is 1. The number of carbonyl (C=O) groups is 4. The number of thiazole rings is 1. The summed E-state index contributed by atoms with van der Waals surface area (Å²) in [7, 11) is 2.73. The van der Waals surface area contributed by atoms with Gasteiger partial charge >= 0.3 is 11.9 Å². The largest absolute Gasteiger partial charge is 0.427 e. The highest BCUT2D eigenvalue weighted by Gasteiger charge is 2.54. The number of nitrogens with one attached hydrogen (secondary N) is 1. The molecule has 0 saturated carbocycles. The lowest BCUT2D eigenvalue weighted by Crippen LogP contribution is -2.71. The molecule has 3 heterocycles. The number of ether oxygens (including phenoxy) is 3. The monoisotopic (exact) mass is 541 g/mol. The van der Waals surface area contributed by atoms with Crippen molar-refractivity contribution in [2.75, 3.05) is 39.1 Å². The molecule has 1 saturated heterocycles. The Hall–Kier alpha value is -3.17. The van der Waals surface area contributed by atoms with Gasteiger partial charge in [-0.1, -0.05) is 5.16 Å². The van der Waals surface area contributed by atoms with E-state index in [9.17, 15) is 19.2 Å². The van der Waals surface area contributed by atoms with Gasteiger partial charge in [-0.3, -0.25) is 19.3 Å². The lowest BCUT2D eigenvalue weighted by Gasteiger charge is -2.49. The summed E-state index contributed by atoms with van der Waals surface area (Å²) in [6.45, 7) is 4.48. The van der Waals surface area contributed by atoms with Crippen molar-refractivity contribution in [3.8, 4) is 0 Å². The number of rotatable bonds is 9. The molecule has 3 rings (SSSR count). The Morgan fingerprint density at radius 3 is 2.58 bits per heavy atom. The molecule has 0 bridgehead atoms. The zero-order chi connectivity index (χ0) is 26.6. The molecule has 36 heavy (non-hydrogen) atoms. The molecule has 0 spiro atoms. The van der Waals surface area contributed by atoms with Gasteiger partial charge < -0.3 is 30.1 Å². The molecule has 2 atom stereocenters. The number of nitrogens with two attached hydrogens (primary N) is 1. The quantitative estimate of drug-likeness (QED) is 0.146. The maximum Gasteiger partial charge on any atom is 0.358 e. The number of methoxy groups -OCH3 is 1. The van der Waals surface area contributed by atoms with Crippen LogP contribution in [0.3, 0.4) is 0 Å². The highest BCUT2D eigenvalue weighted by Crippen LogP contribution is 2.40. The molecule has 0 aliphatic carbocycles. The normalized spacial score (nSPS) is 19.9. The number of amides is 2. The van der Waals surface area contributed by atoms with Gasteiger partial charge in [-0.15, -0.1) is 23.1 Å². The highest BCUT2D eigenvalue weighted by atomic mass is 32.2. The Morgan fingerprint density at radius 1 is 1.28 bits per heavy atom. The second kappa shape index (κ2) is 11.3. The third-order valence-corrected chi connectivity index (χ3v) is 7.01. The van der Waals surface area contributed by atoms with E-state index in [0.29, 0.717) is 11.3 Å². The van der Waals surface area contributed by atoms with Crippen LogP contribution in [0.4, 0.5) is 5.13 Å². The fourth-order valence-electron chi connectivity index (χ4n) is 3.28. The minimum absolute atomic E-state index is 0.000892. The van der Waals surface area contributed by atoms with Crippen LogP contribution >= 0.6 is 23.1 Å². The Balaban J connectivity index is 1.73. The fourth-order valence-corrected chi connectivity index (χ4v) is 5.16. The Morgan fingerprint density at radius 2 is 2.00 bits per heavy atom. The minimum Gasteiger partial charge on any atom is -0.427 e. The topological polar surface area (TPSA) is 172 Å². The molecule has 0 radical (unpaired) electrons. The van der Waals surface area contributed by atoms with Gasteiger partial charge in [-0.25, -0.2) is 9.78 Å². The molecule has 196 valence electrons. The molecule has 1 fully saturated rings. The number of anilines is 1. The third kappa shape index (κ3) is 5.79. The Bertz CT molecular complexity index is 1110. The van der Waals surface area contributed by atoms with Crippen LogP contribution in [-0.4, -0.2) is 84.1 Å². The smallest absolute Gasteiger partial charge is 0.358 e. The molecule has 1 aromatic heterocycles. The molecule has 1 aromatic rings. The number of esters is 2. The summed E-state index contributed by atoms with van der Waals surface area (Å²) in [5.41, 5.74) is 5.46. The standard InChI is InChI=1S/C21H27N5O8S2/c1-21(2,3)19(30)34-9-33-18(29)14-10(6-31-4)7-35-17-13(16(28)26(14)17)24-15(27)12(25-32-5)11-8-36-20(22)23-11/h8,13,17H,6-7,9H2,1-5H3,(H2,22,23)(H,24,27)/t13?,17-/m0/s1. The number of β-lactam (4-membered cyclic amide) rings is 1. The van der Waals surface area contributed by atoms with Crippen molar-refractivity contribution in [1.29, 1.82) is 0 Å². The fraction of sp³-hybridized carbons (Fsp3) is 0.524. The van der Waals surface area contributed by atoms with Crippen LogP contribution in [0.25, 0.3) is 0 Å². The first-order valence-electron chi connectivity index (χ1n) is 10.6. The first kappa shape index (κ1) is 27.4. The van der Waals surface area contributed by atoms with Crippen LogP contribution in [0.15, 0.2) is 21.8 Å². The molecular formula is C21H27N5O8S2. The number of fused-ring (bicyclic) bond motifs is 1. The molecule has 2 amide bonds. The summed E-state index contributed by atoms with van der Waals surface area (Å²) in [5.74, 6) is -2.25. The predicted octanol–water partition coefficient (Wildman–Crippen LogP) is 0.466. The van der Waals surface area contributed by atoms with E-state index in [-0.39, 0.29) is 28.8 Å². The molecule has 2 aliphatic rings. The van der Waals surface area contributed by atoms with E-state index in [4.69, 9.17) is 24.8 Å². The van der Waals surface area contributed by atoms with Gasteiger partial charge in [0, 0.05) is 18.2 Å². The van der Waals surface area contributed by atoms with Crippen molar-refractivity contribution in [2.45, 2.75) is 32.2 Å². The van der Waals surface area contributed by atoms with Gasteiger partial charge in [-0.05, 0) is 26.3 Å². The molecule has 13 nitrogen and oxygen atoms in total. The van der Waals surface area contributed by atoms with Crippen molar-refractivity contribution in [1.82, 2.24) is 15.2 Å². The van der Waals surface area contributed by atoms with Gasteiger partial charge in [0.25, 0.3) is 11.8 Å². The van der Waals surface area contributed by atoms with Crippen LogP contribution < -0.4 is 11.1 Å². The zero-order valence-electron chi connectivity index (χ0n) is 20.4. The van der Waals surface area contributed by atoms with E-state index >= 15 is 0 Å². The molecular weight excluding hydrogens is 514 g/mol. The second-order valence-electron chi connectivity index (χ2n) is 8.67. The van der Waals surface area contributed by atoms with Crippen LogP contribution in [0, 0.1) is 5.41 Å². The maximum absolute atomic E-state index is 13.1. The van der Waals surface area contributed by atoms with E-state index in [1.165, 1.54) is 36.3 Å². The molecule has 0 aromatic carbocycles. The van der Waals surface area contributed by atoms with Gasteiger partial charge in [0.15, 0.2) is 10.8 Å². The average Bonchev–Trinajstić information content (AvgIpc) is 3.25. The van der Waals surface area contributed by atoms with E-state index in [2.05, 4.69) is 15.5 Å². The molecule has 1 unspecified atom stereocenters. The molecule has 15 heteroatoms. The molecule has 3 N–H and O–H groups in total. The van der Waals surface area contributed by atoms with Crippen LogP contribution in [-0.2, 0) is 38.2 Å². The van der Waals surface area contributed by atoms with Gasteiger partial charge in [0.05, 0.1) is 12.0 Å². The number of thioether (sulfide) groups is 1. The first-order chi connectivity index (χ1) is 17.0. The lowest BCUT2D eigenvalue weighted by molar-refractivity contribution is -0.173. The Labute approximate surface area is 215 Å². The SMILES string of the molecule is COCC1=C(C(=O)OCOC(=O)C(C)(C)C)N2C(=O)C(NC(=O)C(=NOC)c3csc(N)n3)[C@@H]2SC1. The summed E-state index contributed by atoms with van der Waals surface area (Å²) in [5, 5.41) is 7.54. The number of carbonyl (C=O) groups excluding carboxylic acids is 4. The highest BCUT2D eigenvalue weighted by molar-refractivity contribution is 8.00. The maximum atomic E-state index is 13.1. The van der Waals surface area contributed by atoms with E-state index in [1.54, 1.807) is 20.8 Å². The lowest BCUT2D eigenvalue weighted by atomic mass is 9.98. The van der Waals surface area contributed by atoms with Crippen molar-refractivity contribution in [2.24, 2.45) is 10.6 Å². The predicted molar refractivity (Wildman–Crippen MR) is 131 cm³/mol. The average molecular weight is 542 g/mol. The zero-order valence-corrected chi connectivity index (χ0v) is 22.0. The Kier molecular flexibility index (Phi) is 8.58. The van der Waals surface area contributed by atoms with Gasteiger partial charge in [-0.2, -0.15) is 0 Å². The number of aromatic nitrogens is 1. The first-order valence-corrected chi connectivity index (χ1v) is 12.6. The summed E-state index contributed by atoms with van der Waals surface area (Å²) in [6, 6.07) is -0.939. The summed E-state index contributed by atoms with van der Waals surface area (Å²) < 4.78 is 15.3. The minimum atomic E-state index is -0.939. The van der Waals surface area contributed by atoms with Crippen molar-refractivity contribution >= 4 is 57.7 Å². The number of hydrogen-bond donors (Lipinski definition) is 2. The van der Waals surface area contributed by atoms with Crippen molar-refractivity contribution in [3.05, 3.63) is 22.3 Å². The summed E-state index contributed by atoms with van der Waals surface area (Å²) >= 11 is 2.47. The number of nitrogen functional groups attached to an aromatic ring is 1. The van der Waals surface area contributed by atoms with Crippen molar-refractivity contribution < 1.29 is 38.2 Å². The van der Waals surface area contributed by atoms with Gasteiger partial charge in [0.2, 0.25) is 6.79 Å². The van der Waals surface area contributed by atoms with Crippen LogP contribution in [0.5, 0.6) is 0 Å². The van der Waals surface area contributed by atoms with Crippen LogP contribution in [0.1, 0.15) is 26.5 Å². The van der Waals surface area contributed by atoms with Crippen molar-refractivity contribution in [3.63, 3.8) is 0 Å².